The summed E-state index contributed by atoms with van der Waals surface area (Å²) in [5.41, 5.74) is 1.67. The van der Waals surface area contributed by atoms with Crippen molar-refractivity contribution in [1.29, 1.82) is 0 Å². The standard InChI is InChI=1S/C22H11F4N5O3/c23-14-3-1-2-13(20(14)24)21-28-16-8-27-31(10-17(16)29-21)9-12-7-15(30-34-12)11-4-5-18-19(6-11)33-22(25,26)32-18/h1-8,10H,9H2. The molecule has 0 spiro atoms. The van der Waals surface area contributed by atoms with Gasteiger partial charge in [-0.25, -0.2) is 18.7 Å². The third-order valence-corrected chi connectivity index (χ3v) is 5.08. The molecule has 0 saturated carbocycles. The fourth-order valence-electron chi connectivity index (χ4n) is 3.54. The van der Waals surface area contributed by atoms with Crippen LogP contribution in [0, 0.1) is 11.6 Å². The van der Waals surface area contributed by atoms with Crippen LogP contribution in [0.4, 0.5) is 17.6 Å². The molecule has 0 amide bonds. The molecule has 3 aliphatic rings. The Balaban J connectivity index is 1.25. The number of alkyl halides is 2. The molecule has 0 saturated heterocycles. The Hall–Kier alpha value is -4.48. The Labute approximate surface area is 187 Å². The van der Waals surface area contributed by atoms with Gasteiger partial charge in [0.2, 0.25) is 0 Å². The van der Waals surface area contributed by atoms with Crippen LogP contribution in [-0.2, 0) is 6.54 Å². The van der Waals surface area contributed by atoms with Crippen LogP contribution in [0.5, 0.6) is 11.5 Å². The average Bonchev–Trinajstić information content (AvgIpc) is 3.50. The number of halogens is 4. The van der Waals surface area contributed by atoms with Crippen molar-refractivity contribution in [1.82, 2.24) is 24.9 Å². The van der Waals surface area contributed by atoms with E-state index in [4.69, 9.17) is 4.52 Å². The Morgan fingerprint density at radius 1 is 0.912 bits per heavy atom. The minimum Gasteiger partial charge on any atom is -0.395 e. The zero-order valence-corrected chi connectivity index (χ0v) is 16.9. The fourth-order valence-corrected chi connectivity index (χ4v) is 3.54. The quantitative estimate of drug-likeness (QED) is 0.351. The van der Waals surface area contributed by atoms with E-state index in [-0.39, 0.29) is 29.4 Å². The molecule has 0 fully saturated rings. The molecule has 0 bridgehead atoms. The molecule has 3 aliphatic heterocycles. The van der Waals surface area contributed by atoms with Crippen LogP contribution < -0.4 is 9.47 Å². The van der Waals surface area contributed by atoms with Crippen LogP contribution in [0.25, 0.3) is 34.0 Å². The molecule has 6 rings (SSSR count). The SMILES string of the molecule is Fc1cccc(-c2nc3cnn(Cc4cc(-c5ccc6c(c5)OC(F)(F)O6)no4)cc-3n2)c1F. The summed E-state index contributed by atoms with van der Waals surface area (Å²) in [5.74, 6) is -1.72. The Kier molecular flexibility index (Phi) is 4.31. The number of ether oxygens (including phenoxy) is 2. The lowest BCUT2D eigenvalue weighted by atomic mass is 10.1. The summed E-state index contributed by atoms with van der Waals surface area (Å²) < 4.78 is 69.8. The maximum atomic E-state index is 14.1. The van der Waals surface area contributed by atoms with Crippen LogP contribution in [0.3, 0.4) is 0 Å². The summed E-state index contributed by atoms with van der Waals surface area (Å²) in [6.45, 7) is 0.169. The predicted octanol–water partition coefficient (Wildman–Crippen LogP) is 4.75. The second-order valence-electron chi connectivity index (χ2n) is 7.40. The van der Waals surface area contributed by atoms with Crippen LogP contribution in [0.15, 0.2) is 59.4 Å². The zero-order valence-electron chi connectivity index (χ0n) is 16.9. The van der Waals surface area contributed by atoms with Gasteiger partial charge in [-0.2, -0.15) is 5.10 Å². The Morgan fingerprint density at radius 2 is 1.74 bits per heavy atom. The number of aromatic nitrogens is 5. The monoisotopic (exact) mass is 469 g/mol. The number of rotatable bonds is 4. The molecule has 0 atom stereocenters. The number of hydrogen-bond acceptors (Lipinski definition) is 7. The third-order valence-electron chi connectivity index (χ3n) is 5.08. The fraction of sp³-hybridized carbons (Fsp3) is 0.0909. The third kappa shape index (κ3) is 3.49. The molecule has 1 aromatic heterocycles. The highest BCUT2D eigenvalue weighted by Gasteiger charge is 2.43. The van der Waals surface area contributed by atoms with Crippen molar-refractivity contribution in [3.8, 4) is 45.5 Å². The highest BCUT2D eigenvalue weighted by Crippen LogP contribution is 2.42. The highest BCUT2D eigenvalue weighted by atomic mass is 19.3. The Bertz CT molecular complexity index is 1520. The van der Waals surface area contributed by atoms with Gasteiger partial charge in [0.1, 0.15) is 23.6 Å². The van der Waals surface area contributed by atoms with Crippen molar-refractivity contribution in [2.45, 2.75) is 12.8 Å². The van der Waals surface area contributed by atoms with Crippen molar-refractivity contribution in [3.63, 3.8) is 0 Å². The molecular weight excluding hydrogens is 458 g/mol. The van der Waals surface area contributed by atoms with Gasteiger partial charge in [-0.3, -0.25) is 4.68 Å². The molecule has 2 aromatic carbocycles. The minimum absolute atomic E-state index is 0.0434. The first-order valence-corrected chi connectivity index (χ1v) is 9.85. The normalized spacial score (nSPS) is 14.1. The molecule has 0 N–H and O–H groups in total. The van der Waals surface area contributed by atoms with Gasteiger partial charge in [0.15, 0.2) is 34.7 Å². The first-order valence-electron chi connectivity index (χ1n) is 9.85. The summed E-state index contributed by atoms with van der Waals surface area (Å²) in [7, 11) is 0. The minimum atomic E-state index is -3.71. The van der Waals surface area contributed by atoms with E-state index in [0.29, 0.717) is 28.4 Å². The second-order valence-corrected chi connectivity index (χ2v) is 7.40. The second kappa shape index (κ2) is 7.27. The van der Waals surface area contributed by atoms with Crippen molar-refractivity contribution in [2.75, 3.05) is 0 Å². The molecule has 4 heterocycles. The summed E-state index contributed by atoms with van der Waals surface area (Å²) in [6, 6.07) is 9.69. The first-order chi connectivity index (χ1) is 16.3. The van der Waals surface area contributed by atoms with Gasteiger partial charge >= 0.3 is 6.29 Å². The van der Waals surface area contributed by atoms with E-state index < -0.39 is 17.9 Å². The maximum Gasteiger partial charge on any atom is 0.586 e. The lowest BCUT2D eigenvalue weighted by Crippen LogP contribution is -2.25. The van der Waals surface area contributed by atoms with E-state index in [2.05, 4.69) is 29.7 Å². The molecule has 8 nitrogen and oxygen atoms in total. The van der Waals surface area contributed by atoms with Crippen LogP contribution in [0.2, 0.25) is 0 Å². The molecule has 0 unspecified atom stereocenters. The molecular formula is C22H11F4N5O3. The highest BCUT2D eigenvalue weighted by molar-refractivity contribution is 5.66. The van der Waals surface area contributed by atoms with Crippen LogP contribution in [-0.4, -0.2) is 31.2 Å². The van der Waals surface area contributed by atoms with E-state index in [1.54, 1.807) is 18.3 Å². The van der Waals surface area contributed by atoms with Crippen molar-refractivity contribution < 1.29 is 31.6 Å². The average molecular weight is 469 g/mol. The number of hydrogen-bond donors (Lipinski definition) is 0. The van der Waals surface area contributed by atoms with Gasteiger partial charge in [0.25, 0.3) is 0 Å². The lowest BCUT2D eigenvalue weighted by molar-refractivity contribution is -0.286. The van der Waals surface area contributed by atoms with Crippen molar-refractivity contribution in [2.24, 2.45) is 0 Å². The summed E-state index contributed by atoms with van der Waals surface area (Å²) in [5, 5.41) is 8.20. The maximum absolute atomic E-state index is 14.1. The van der Waals surface area contributed by atoms with E-state index in [1.807, 2.05) is 0 Å². The van der Waals surface area contributed by atoms with E-state index in [9.17, 15) is 17.6 Å². The molecule has 3 aromatic rings. The van der Waals surface area contributed by atoms with Gasteiger partial charge < -0.3 is 14.0 Å². The predicted molar refractivity (Wildman–Crippen MR) is 107 cm³/mol. The van der Waals surface area contributed by atoms with E-state index in [1.165, 1.54) is 35.1 Å². The Morgan fingerprint density at radius 3 is 2.62 bits per heavy atom. The van der Waals surface area contributed by atoms with Gasteiger partial charge in [0, 0.05) is 11.6 Å². The van der Waals surface area contributed by atoms with Gasteiger partial charge in [-0.05, 0) is 30.3 Å². The molecule has 0 aliphatic carbocycles. The summed E-state index contributed by atoms with van der Waals surface area (Å²) in [6.07, 6.45) is -0.687. The van der Waals surface area contributed by atoms with E-state index >= 15 is 0 Å². The smallest absolute Gasteiger partial charge is 0.395 e. The van der Waals surface area contributed by atoms with Gasteiger partial charge in [-0.1, -0.05) is 11.2 Å². The largest absolute Gasteiger partial charge is 0.586 e. The number of benzene rings is 2. The number of fused-ring (bicyclic) bond motifs is 2. The van der Waals surface area contributed by atoms with Crippen molar-refractivity contribution >= 4 is 0 Å². The van der Waals surface area contributed by atoms with Crippen LogP contribution in [0.1, 0.15) is 5.76 Å². The summed E-state index contributed by atoms with van der Waals surface area (Å²) >= 11 is 0. The first kappa shape index (κ1) is 20.1. The van der Waals surface area contributed by atoms with Gasteiger partial charge in [-0.15, -0.1) is 8.78 Å². The zero-order chi connectivity index (χ0) is 23.4. The molecule has 170 valence electrons. The molecule has 0 radical (unpaired) electrons. The van der Waals surface area contributed by atoms with E-state index in [0.717, 1.165) is 6.07 Å². The molecule has 34 heavy (non-hydrogen) atoms. The topological polar surface area (TPSA) is 88.1 Å². The van der Waals surface area contributed by atoms with Crippen LogP contribution >= 0.6 is 0 Å². The summed E-state index contributed by atoms with van der Waals surface area (Å²) in [4.78, 5) is 8.48. The lowest BCUT2D eigenvalue weighted by Gasteiger charge is -2.04. The van der Waals surface area contributed by atoms with Gasteiger partial charge in [0.05, 0.1) is 18.0 Å². The van der Waals surface area contributed by atoms with Crippen molar-refractivity contribution in [3.05, 3.63) is 72.3 Å². The number of nitrogens with zero attached hydrogens (tertiary/aromatic N) is 5. The molecule has 12 heteroatoms. The number of imidazole rings is 1.